The summed E-state index contributed by atoms with van der Waals surface area (Å²) >= 11 is 0. The minimum Gasteiger partial charge on any atom is -0.341 e. The van der Waals surface area contributed by atoms with Crippen molar-refractivity contribution in [3.8, 4) is 5.69 Å². The standard InChI is InChI=1S/C24H18N2O2/c27-22-17-16-21(23(28)18-10-4-1-5-11-18)24(25-19-12-6-2-7-13-19)26(22)20-14-8-3-9-15-20/h1-17,25H. The second kappa shape index (κ2) is 7.76. The Bertz CT molecular complexity index is 1150. The van der Waals surface area contributed by atoms with Crippen molar-refractivity contribution >= 4 is 17.3 Å². The Kier molecular flexibility index (Phi) is 4.85. The molecule has 28 heavy (non-hydrogen) atoms. The number of hydrogen-bond acceptors (Lipinski definition) is 3. The molecule has 0 amide bonds. The van der Waals surface area contributed by atoms with E-state index in [4.69, 9.17) is 0 Å². The highest BCUT2D eigenvalue weighted by atomic mass is 16.1. The first-order valence-corrected chi connectivity index (χ1v) is 8.97. The summed E-state index contributed by atoms with van der Waals surface area (Å²) in [5, 5.41) is 3.27. The van der Waals surface area contributed by atoms with Crippen molar-refractivity contribution in [3.63, 3.8) is 0 Å². The Morgan fingerprint density at radius 3 is 1.89 bits per heavy atom. The van der Waals surface area contributed by atoms with E-state index in [1.807, 2.05) is 78.9 Å². The molecule has 1 heterocycles. The first-order chi connectivity index (χ1) is 13.7. The number of nitrogens with zero attached hydrogens (tertiary/aromatic N) is 1. The predicted octanol–water partition coefficient (Wildman–Crippen LogP) is 4.81. The van der Waals surface area contributed by atoms with Gasteiger partial charge in [0.2, 0.25) is 0 Å². The number of para-hydroxylation sites is 2. The second-order valence-electron chi connectivity index (χ2n) is 6.29. The maximum atomic E-state index is 13.2. The molecule has 0 aliphatic rings. The van der Waals surface area contributed by atoms with Crippen molar-refractivity contribution in [2.24, 2.45) is 0 Å². The average molecular weight is 366 g/mol. The molecule has 3 aromatic carbocycles. The fourth-order valence-electron chi connectivity index (χ4n) is 3.08. The van der Waals surface area contributed by atoms with Crippen LogP contribution in [0.1, 0.15) is 15.9 Å². The number of anilines is 2. The van der Waals surface area contributed by atoms with Crippen molar-refractivity contribution in [1.29, 1.82) is 0 Å². The van der Waals surface area contributed by atoms with Crippen LogP contribution in [-0.4, -0.2) is 10.4 Å². The van der Waals surface area contributed by atoms with E-state index in [9.17, 15) is 9.59 Å². The first-order valence-electron chi connectivity index (χ1n) is 8.97. The lowest BCUT2D eigenvalue weighted by molar-refractivity contribution is 0.103. The van der Waals surface area contributed by atoms with Crippen LogP contribution >= 0.6 is 0 Å². The fraction of sp³-hybridized carbons (Fsp3) is 0. The monoisotopic (exact) mass is 366 g/mol. The van der Waals surface area contributed by atoms with Crippen LogP contribution in [0, 0.1) is 0 Å². The fourth-order valence-corrected chi connectivity index (χ4v) is 3.08. The van der Waals surface area contributed by atoms with Crippen molar-refractivity contribution in [2.75, 3.05) is 5.32 Å². The number of pyridine rings is 1. The SMILES string of the molecule is O=C(c1ccccc1)c1ccc(=O)n(-c2ccccc2)c1Nc1ccccc1. The summed E-state index contributed by atoms with van der Waals surface area (Å²) < 4.78 is 1.53. The molecule has 0 unspecified atom stereocenters. The maximum Gasteiger partial charge on any atom is 0.256 e. The zero-order chi connectivity index (χ0) is 19.3. The number of nitrogens with one attached hydrogen (secondary N) is 1. The molecule has 4 aromatic rings. The van der Waals surface area contributed by atoms with E-state index in [0.717, 1.165) is 5.69 Å². The summed E-state index contributed by atoms with van der Waals surface area (Å²) in [4.78, 5) is 26.0. The topological polar surface area (TPSA) is 51.1 Å². The van der Waals surface area contributed by atoms with E-state index in [0.29, 0.717) is 22.6 Å². The van der Waals surface area contributed by atoms with E-state index in [1.54, 1.807) is 18.2 Å². The lowest BCUT2D eigenvalue weighted by Crippen LogP contribution is -2.23. The summed E-state index contributed by atoms with van der Waals surface area (Å²) in [5.74, 6) is 0.294. The zero-order valence-electron chi connectivity index (χ0n) is 15.1. The lowest BCUT2D eigenvalue weighted by atomic mass is 10.0. The van der Waals surface area contributed by atoms with Crippen LogP contribution in [0.2, 0.25) is 0 Å². The molecule has 0 aliphatic heterocycles. The van der Waals surface area contributed by atoms with E-state index in [2.05, 4.69) is 5.32 Å². The van der Waals surface area contributed by atoms with Gasteiger partial charge in [0.05, 0.1) is 11.3 Å². The van der Waals surface area contributed by atoms with Gasteiger partial charge in [-0.25, -0.2) is 0 Å². The number of carbonyl (C=O) groups is 1. The van der Waals surface area contributed by atoms with Crippen LogP contribution in [0.15, 0.2) is 108 Å². The highest BCUT2D eigenvalue weighted by Gasteiger charge is 2.19. The number of aromatic nitrogens is 1. The molecule has 1 N–H and O–H groups in total. The molecule has 4 heteroatoms. The van der Waals surface area contributed by atoms with Crippen molar-refractivity contribution in [3.05, 3.63) is 125 Å². The second-order valence-corrected chi connectivity index (χ2v) is 6.29. The Balaban J connectivity index is 1.93. The van der Waals surface area contributed by atoms with E-state index in [1.165, 1.54) is 10.6 Å². The van der Waals surface area contributed by atoms with Gasteiger partial charge >= 0.3 is 0 Å². The third kappa shape index (κ3) is 3.48. The smallest absolute Gasteiger partial charge is 0.256 e. The summed E-state index contributed by atoms with van der Waals surface area (Å²) in [7, 11) is 0. The van der Waals surface area contributed by atoms with E-state index < -0.39 is 0 Å². The molecule has 1 aromatic heterocycles. The van der Waals surface area contributed by atoms with Crippen molar-refractivity contribution < 1.29 is 4.79 Å². The molecule has 0 spiro atoms. The minimum atomic E-state index is -0.214. The number of benzene rings is 3. The van der Waals surface area contributed by atoms with E-state index in [-0.39, 0.29) is 11.3 Å². The summed E-state index contributed by atoms with van der Waals surface area (Å²) in [5.41, 5.74) is 2.26. The minimum absolute atomic E-state index is 0.149. The number of hydrogen-bond donors (Lipinski definition) is 1. The van der Waals surface area contributed by atoms with Gasteiger partial charge in [-0.05, 0) is 30.3 Å². The molecular formula is C24H18N2O2. The molecule has 0 bridgehead atoms. The summed E-state index contributed by atoms with van der Waals surface area (Å²) in [6.07, 6.45) is 0. The zero-order valence-corrected chi connectivity index (χ0v) is 15.1. The molecule has 136 valence electrons. The van der Waals surface area contributed by atoms with E-state index >= 15 is 0 Å². The summed E-state index contributed by atoms with van der Waals surface area (Å²) in [6, 6.07) is 30.9. The van der Waals surface area contributed by atoms with Gasteiger partial charge in [-0.3, -0.25) is 14.2 Å². The lowest BCUT2D eigenvalue weighted by Gasteiger charge is -2.18. The summed E-state index contributed by atoms with van der Waals surface area (Å²) in [6.45, 7) is 0. The van der Waals surface area contributed by atoms with Crippen molar-refractivity contribution in [2.45, 2.75) is 0 Å². The average Bonchev–Trinajstić information content (AvgIpc) is 2.75. The maximum absolute atomic E-state index is 13.2. The molecule has 0 aliphatic carbocycles. The molecule has 0 radical (unpaired) electrons. The first kappa shape index (κ1) is 17.5. The van der Waals surface area contributed by atoms with Gasteiger partial charge in [0.1, 0.15) is 5.82 Å². The Labute approximate surface area is 162 Å². The molecule has 0 fully saturated rings. The molecule has 4 nitrogen and oxygen atoms in total. The normalized spacial score (nSPS) is 10.4. The van der Waals surface area contributed by atoms with Crippen LogP contribution in [0.25, 0.3) is 5.69 Å². The molecule has 0 atom stereocenters. The predicted molar refractivity (Wildman–Crippen MR) is 112 cm³/mol. The number of rotatable bonds is 5. The third-order valence-electron chi connectivity index (χ3n) is 4.42. The Morgan fingerprint density at radius 2 is 1.25 bits per heavy atom. The van der Waals surface area contributed by atoms with Gasteiger partial charge in [-0.1, -0.05) is 66.7 Å². The van der Waals surface area contributed by atoms with Crippen LogP contribution in [0.4, 0.5) is 11.5 Å². The Morgan fingerprint density at radius 1 is 0.679 bits per heavy atom. The quantitative estimate of drug-likeness (QED) is 0.516. The number of ketones is 1. The molecule has 0 saturated carbocycles. The van der Waals surface area contributed by atoms with Gasteiger partial charge < -0.3 is 5.32 Å². The van der Waals surface area contributed by atoms with Gasteiger partial charge in [-0.15, -0.1) is 0 Å². The highest BCUT2D eigenvalue weighted by molar-refractivity contribution is 6.12. The van der Waals surface area contributed by atoms with Crippen molar-refractivity contribution in [1.82, 2.24) is 4.57 Å². The highest BCUT2D eigenvalue weighted by Crippen LogP contribution is 2.25. The van der Waals surface area contributed by atoms with Crippen LogP contribution < -0.4 is 10.9 Å². The molecule has 4 rings (SSSR count). The van der Waals surface area contributed by atoms with Gasteiger partial charge in [0.15, 0.2) is 5.78 Å². The largest absolute Gasteiger partial charge is 0.341 e. The number of carbonyl (C=O) groups excluding carboxylic acids is 1. The van der Waals surface area contributed by atoms with Crippen LogP contribution in [-0.2, 0) is 0 Å². The molecule has 0 saturated heterocycles. The third-order valence-corrected chi connectivity index (χ3v) is 4.42. The molecular weight excluding hydrogens is 348 g/mol. The van der Waals surface area contributed by atoms with Gasteiger partial charge in [0.25, 0.3) is 5.56 Å². The van der Waals surface area contributed by atoms with Gasteiger partial charge in [0, 0.05) is 17.3 Å². The Hall–Kier alpha value is -3.92. The van der Waals surface area contributed by atoms with Crippen LogP contribution in [0.3, 0.4) is 0 Å². The van der Waals surface area contributed by atoms with Gasteiger partial charge in [-0.2, -0.15) is 0 Å². The van der Waals surface area contributed by atoms with Crippen LogP contribution in [0.5, 0.6) is 0 Å².